The summed E-state index contributed by atoms with van der Waals surface area (Å²) in [6, 6.07) is 0. The maximum atomic E-state index is 8.77. The lowest BCUT2D eigenvalue weighted by Gasteiger charge is -2.30. The fraction of sp³-hybridized carbons (Fsp3) is 1.00. The summed E-state index contributed by atoms with van der Waals surface area (Å²) in [6.45, 7) is 7.34. The van der Waals surface area contributed by atoms with Gasteiger partial charge in [0.2, 0.25) is 0 Å². The zero-order valence-corrected chi connectivity index (χ0v) is 17.4. The van der Waals surface area contributed by atoms with Crippen LogP contribution in [0.25, 0.3) is 0 Å². The van der Waals surface area contributed by atoms with E-state index in [9.17, 15) is 0 Å². The molecule has 0 heterocycles. The van der Waals surface area contributed by atoms with E-state index in [4.69, 9.17) is 19.2 Å². The Labute approximate surface area is 150 Å². The van der Waals surface area contributed by atoms with Crippen molar-refractivity contribution in [1.29, 1.82) is 0 Å². The molecule has 5 nitrogen and oxygen atoms in total. The minimum absolute atomic E-state index is 1.24. The van der Waals surface area contributed by atoms with Crippen LogP contribution >= 0.6 is 7.82 Å². The van der Waals surface area contributed by atoms with Crippen molar-refractivity contribution < 1.29 is 23.7 Å². The molecule has 2 N–H and O–H groups in total. The number of phosphoric acid groups is 1. The first-order chi connectivity index (χ1) is 11.1. The first-order valence-electron chi connectivity index (χ1n) is 9.71. The third kappa shape index (κ3) is 30.0. The Morgan fingerprint density at radius 3 is 1.25 bits per heavy atom. The van der Waals surface area contributed by atoms with Crippen molar-refractivity contribution in [3.63, 3.8) is 0 Å². The molecule has 0 aromatic rings. The number of hydrogen-bond donors (Lipinski definition) is 2. The van der Waals surface area contributed by atoms with Crippen molar-refractivity contribution >= 4 is 7.82 Å². The predicted molar refractivity (Wildman–Crippen MR) is 101 cm³/mol. The summed E-state index contributed by atoms with van der Waals surface area (Å²) in [7, 11) is -0.0617. The normalized spacial score (nSPS) is 12.0. The molecule has 0 bridgehead atoms. The van der Waals surface area contributed by atoms with Crippen molar-refractivity contribution in [3.8, 4) is 0 Å². The van der Waals surface area contributed by atoms with Gasteiger partial charge in [0.25, 0.3) is 7.82 Å². The SMILES string of the molecule is CCCCCCCCC[N+](C)(C)CCCCCCC.O=P([O-])(O)O. The molecule has 0 aliphatic carbocycles. The Kier molecular flexibility index (Phi) is 18.1. The lowest BCUT2D eigenvalue weighted by molar-refractivity contribution is -0.890. The molecule has 0 radical (unpaired) electrons. The highest BCUT2D eigenvalue weighted by molar-refractivity contribution is 7.43. The highest BCUT2D eigenvalue weighted by Crippen LogP contribution is 2.19. The summed E-state index contributed by atoms with van der Waals surface area (Å²) >= 11 is 0. The summed E-state index contributed by atoms with van der Waals surface area (Å²) in [4.78, 5) is 22.9. The molecular weight excluding hydrogens is 325 g/mol. The molecule has 0 aliphatic rings. The minimum Gasteiger partial charge on any atom is -0.756 e. The molecule has 0 aromatic carbocycles. The van der Waals surface area contributed by atoms with Gasteiger partial charge in [-0.3, -0.25) is 4.57 Å². The van der Waals surface area contributed by atoms with Gasteiger partial charge in [0.15, 0.2) is 0 Å². The Morgan fingerprint density at radius 1 is 0.708 bits per heavy atom. The second-order valence-electron chi connectivity index (χ2n) is 7.41. The molecule has 0 fully saturated rings. The zero-order valence-electron chi connectivity index (χ0n) is 16.5. The second kappa shape index (κ2) is 16.5. The molecule has 6 heteroatoms. The maximum absolute atomic E-state index is 8.77. The van der Waals surface area contributed by atoms with Gasteiger partial charge in [0, 0.05) is 0 Å². The van der Waals surface area contributed by atoms with Gasteiger partial charge in [-0.05, 0) is 25.7 Å². The molecule has 0 rings (SSSR count). The number of quaternary nitrogens is 1. The van der Waals surface area contributed by atoms with Crippen molar-refractivity contribution in [1.82, 2.24) is 0 Å². The molecule has 0 aromatic heterocycles. The van der Waals surface area contributed by atoms with E-state index >= 15 is 0 Å². The molecule has 0 saturated carbocycles. The average molecular weight is 368 g/mol. The van der Waals surface area contributed by atoms with Crippen LogP contribution in [0.15, 0.2) is 0 Å². The van der Waals surface area contributed by atoms with E-state index in [-0.39, 0.29) is 0 Å². The van der Waals surface area contributed by atoms with Crippen LogP contribution in [0.3, 0.4) is 0 Å². The van der Waals surface area contributed by atoms with Crippen LogP contribution in [0.2, 0.25) is 0 Å². The fourth-order valence-corrected chi connectivity index (χ4v) is 2.75. The topological polar surface area (TPSA) is 80.6 Å². The first kappa shape index (κ1) is 26.3. The van der Waals surface area contributed by atoms with Gasteiger partial charge in [-0.15, -0.1) is 0 Å². The van der Waals surface area contributed by atoms with E-state index in [1.54, 1.807) is 0 Å². The Morgan fingerprint density at radius 2 is 0.958 bits per heavy atom. The van der Waals surface area contributed by atoms with Crippen LogP contribution < -0.4 is 4.89 Å². The van der Waals surface area contributed by atoms with E-state index in [2.05, 4.69) is 27.9 Å². The minimum atomic E-state index is -4.89. The average Bonchev–Trinajstić information content (AvgIpc) is 2.44. The summed E-state index contributed by atoms with van der Waals surface area (Å²) in [5, 5.41) is 0. The number of unbranched alkanes of at least 4 members (excludes halogenated alkanes) is 10. The number of nitrogens with zero attached hydrogens (tertiary/aromatic N) is 1. The standard InChI is InChI=1S/C18H40N.H3O4P/c1-5-7-9-11-12-14-16-18-19(3,4)17-15-13-10-8-6-2;1-5(2,3)4/h5-18H2,1-4H3;(H3,1,2,3,4)/q+1;/p-1. The van der Waals surface area contributed by atoms with E-state index in [1.165, 1.54) is 94.6 Å². The van der Waals surface area contributed by atoms with Crippen LogP contribution in [-0.2, 0) is 4.57 Å². The number of rotatable bonds is 14. The number of hydrogen-bond acceptors (Lipinski definition) is 2. The predicted octanol–water partition coefficient (Wildman–Crippen LogP) is 4.22. The van der Waals surface area contributed by atoms with Gasteiger partial charge < -0.3 is 19.2 Å². The Balaban J connectivity index is 0. The van der Waals surface area contributed by atoms with Gasteiger partial charge in [-0.25, -0.2) is 0 Å². The lowest BCUT2D eigenvalue weighted by Crippen LogP contribution is -2.41. The molecule has 0 saturated heterocycles. The van der Waals surface area contributed by atoms with Gasteiger partial charge in [0.05, 0.1) is 27.2 Å². The van der Waals surface area contributed by atoms with Crippen molar-refractivity contribution in [2.75, 3.05) is 27.2 Å². The van der Waals surface area contributed by atoms with Crippen LogP contribution in [0.4, 0.5) is 0 Å². The highest BCUT2D eigenvalue weighted by atomic mass is 31.2. The van der Waals surface area contributed by atoms with Crippen molar-refractivity contribution in [2.45, 2.75) is 90.9 Å². The smallest absolute Gasteiger partial charge is 0.262 e. The third-order valence-corrected chi connectivity index (χ3v) is 4.23. The van der Waals surface area contributed by atoms with Crippen LogP contribution in [0.1, 0.15) is 90.9 Å². The Hall–Kier alpha value is 0.0700. The molecule has 24 heavy (non-hydrogen) atoms. The van der Waals surface area contributed by atoms with Gasteiger partial charge in [-0.1, -0.05) is 65.2 Å². The van der Waals surface area contributed by atoms with Gasteiger partial charge >= 0.3 is 0 Å². The summed E-state index contributed by atoms with van der Waals surface area (Å²) in [6.07, 6.45) is 17.1. The summed E-state index contributed by atoms with van der Waals surface area (Å²) in [5.41, 5.74) is 0. The maximum Gasteiger partial charge on any atom is 0.262 e. The van der Waals surface area contributed by atoms with Crippen LogP contribution in [0.5, 0.6) is 0 Å². The molecule has 0 aliphatic heterocycles. The quantitative estimate of drug-likeness (QED) is 0.274. The van der Waals surface area contributed by atoms with Crippen molar-refractivity contribution in [3.05, 3.63) is 0 Å². The molecule has 0 amide bonds. The third-order valence-electron chi connectivity index (χ3n) is 4.23. The van der Waals surface area contributed by atoms with E-state index in [1.807, 2.05) is 0 Å². The first-order valence-corrected chi connectivity index (χ1v) is 11.2. The zero-order chi connectivity index (χ0) is 18.9. The molecule has 0 spiro atoms. The van der Waals surface area contributed by atoms with Gasteiger partial charge in [0.1, 0.15) is 0 Å². The highest BCUT2D eigenvalue weighted by Gasteiger charge is 2.13. The van der Waals surface area contributed by atoms with E-state index in [0.29, 0.717) is 0 Å². The van der Waals surface area contributed by atoms with Crippen LogP contribution in [0, 0.1) is 0 Å². The Bertz CT molecular complexity index is 297. The monoisotopic (exact) mass is 367 g/mol. The summed E-state index contributed by atoms with van der Waals surface area (Å²) < 4.78 is 10.0. The summed E-state index contributed by atoms with van der Waals surface area (Å²) in [5.74, 6) is 0. The van der Waals surface area contributed by atoms with Gasteiger partial charge in [-0.2, -0.15) is 0 Å². The van der Waals surface area contributed by atoms with E-state index in [0.717, 1.165) is 0 Å². The molecule has 0 atom stereocenters. The van der Waals surface area contributed by atoms with E-state index < -0.39 is 7.82 Å². The van der Waals surface area contributed by atoms with Crippen molar-refractivity contribution in [2.24, 2.45) is 0 Å². The fourth-order valence-electron chi connectivity index (χ4n) is 2.75. The van der Waals surface area contributed by atoms with Crippen LogP contribution in [-0.4, -0.2) is 41.5 Å². The molecule has 0 unspecified atom stereocenters. The molecular formula is C18H42NO4P. The lowest BCUT2D eigenvalue weighted by atomic mass is 10.1. The molecule has 148 valence electrons. The largest absolute Gasteiger partial charge is 0.756 e. The second-order valence-corrected chi connectivity index (χ2v) is 8.39.